The lowest BCUT2D eigenvalue weighted by molar-refractivity contribution is -0.131. The zero-order valence-corrected chi connectivity index (χ0v) is 10.7. The van der Waals surface area contributed by atoms with Crippen LogP contribution in [0.3, 0.4) is 0 Å². The molecule has 0 unspecified atom stereocenters. The van der Waals surface area contributed by atoms with Crippen LogP contribution in [0.15, 0.2) is 0 Å². The molecule has 0 bridgehead atoms. The van der Waals surface area contributed by atoms with E-state index in [4.69, 9.17) is 26.6 Å². The quantitative estimate of drug-likeness (QED) is 0.552. The maximum atomic E-state index is 11.9. The van der Waals surface area contributed by atoms with Gasteiger partial charge in [-0.2, -0.15) is 13.2 Å². The van der Waals surface area contributed by atoms with Gasteiger partial charge in [0.15, 0.2) is 0 Å². The van der Waals surface area contributed by atoms with E-state index in [0.717, 1.165) is 0 Å². The van der Waals surface area contributed by atoms with E-state index < -0.39 is 25.1 Å². The van der Waals surface area contributed by atoms with Gasteiger partial charge >= 0.3 is 13.1 Å². The van der Waals surface area contributed by atoms with E-state index in [0.29, 0.717) is 0 Å². The average Bonchev–Trinajstić information content (AvgIpc) is 1.76. The molecule has 0 aliphatic carbocycles. The van der Waals surface area contributed by atoms with E-state index in [9.17, 15) is 13.2 Å². The van der Waals surface area contributed by atoms with E-state index in [1.165, 1.54) is 0 Å². The van der Waals surface area contributed by atoms with Gasteiger partial charge in [-0.3, -0.25) is 0 Å². The number of alkyl halides is 3. The Balaban J connectivity index is 4.09. The van der Waals surface area contributed by atoms with Crippen LogP contribution < -0.4 is 0 Å². The fourth-order valence-electron chi connectivity index (χ4n) is 0.786. The minimum absolute atomic E-state index is 0.336. The third-order valence-electron chi connectivity index (χ3n) is 1.16. The third-order valence-corrected chi connectivity index (χ3v) is 4.49. The second-order valence-electron chi connectivity index (χ2n) is 3.97. The van der Waals surface area contributed by atoms with Crippen molar-refractivity contribution in [3.63, 3.8) is 0 Å². The smallest absolute Gasteiger partial charge is 0.387 e. The molecule has 0 aliphatic rings. The molecule has 0 radical (unpaired) electrons. The van der Waals surface area contributed by atoms with E-state index in [2.05, 4.69) is 0 Å². The first kappa shape index (κ1) is 14.5. The summed E-state index contributed by atoms with van der Waals surface area (Å²) in [5, 5.41) is 0. The van der Waals surface area contributed by atoms with Gasteiger partial charge in [0.25, 0.3) is 0 Å². The highest BCUT2D eigenvalue weighted by Gasteiger charge is 2.40. The van der Waals surface area contributed by atoms with Gasteiger partial charge < -0.3 is 4.43 Å². The lowest BCUT2D eigenvalue weighted by Gasteiger charge is -2.28. The van der Waals surface area contributed by atoms with Crippen molar-refractivity contribution in [2.24, 2.45) is 0 Å². The molecule has 0 saturated heterocycles. The Kier molecular flexibility index (Phi) is 4.77. The number of hydrogen-bond donors (Lipinski definition) is 0. The first-order valence-corrected chi connectivity index (χ1v) is 8.20. The second-order valence-corrected chi connectivity index (χ2v) is 10.2. The highest BCUT2D eigenvalue weighted by atomic mass is 35.7. The van der Waals surface area contributed by atoms with Crippen molar-refractivity contribution in [1.29, 1.82) is 0 Å². The molecule has 86 valence electrons. The molecule has 0 spiro atoms. The summed E-state index contributed by atoms with van der Waals surface area (Å²) >= 11 is 11.4. The SMILES string of the molecule is CC(C)(C)O[Si](Cl)(Cl)CCC(F)(F)F. The molecule has 7 heteroatoms. The van der Waals surface area contributed by atoms with Crippen LogP contribution in [0.25, 0.3) is 0 Å². The van der Waals surface area contributed by atoms with Crippen molar-refractivity contribution in [1.82, 2.24) is 0 Å². The fourth-order valence-corrected chi connectivity index (χ4v) is 4.31. The van der Waals surface area contributed by atoms with Crippen LogP contribution >= 0.6 is 22.2 Å². The highest BCUT2D eigenvalue weighted by Crippen LogP contribution is 2.33. The monoisotopic (exact) mass is 268 g/mol. The number of rotatable bonds is 3. The normalized spacial score (nSPS) is 14.6. The molecule has 0 N–H and O–H groups in total. The lowest BCUT2D eigenvalue weighted by Crippen LogP contribution is -2.36. The standard InChI is InChI=1S/C7H13Cl2F3OSi/c1-6(2,3)13-14(8,9)5-4-7(10,11)12/h4-5H2,1-3H3. The van der Waals surface area contributed by atoms with Gasteiger partial charge in [0, 0.05) is 12.5 Å². The Bertz CT molecular complexity index is 188. The Morgan fingerprint density at radius 1 is 1.14 bits per heavy atom. The molecule has 14 heavy (non-hydrogen) atoms. The maximum absolute atomic E-state index is 11.9. The summed E-state index contributed by atoms with van der Waals surface area (Å²) in [5.41, 5.74) is -0.610. The van der Waals surface area contributed by atoms with Crippen molar-refractivity contribution in [2.75, 3.05) is 0 Å². The van der Waals surface area contributed by atoms with E-state index in [-0.39, 0.29) is 6.04 Å². The number of halogens is 5. The first-order chi connectivity index (χ1) is 5.91. The molecule has 0 fully saturated rings. The van der Waals surface area contributed by atoms with Crippen LogP contribution in [0.2, 0.25) is 6.04 Å². The van der Waals surface area contributed by atoms with Crippen LogP contribution in [0, 0.1) is 0 Å². The average molecular weight is 269 g/mol. The van der Waals surface area contributed by atoms with Crippen molar-refractivity contribution in [2.45, 2.75) is 45.0 Å². The van der Waals surface area contributed by atoms with Gasteiger partial charge in [0.05, 0.1) is 5.60 Å². The Labute approximate surface area is 92.1 Å². The molecule has 0 aromatic rings. The van der Waals surface area contributed by atoms with Crippen LogP contribution in [0.1, 0.15) is 27.2 Å². The summed E-state index contributed by atoms with van der Waals surface area (Å²) in [6.45, 7) is 1.88. The predicted molar refractivity (Wildman–Crippen MR) is 53.8 cm³/mol. The molecule has 1 nitrogen and oxygen atoms in total. The summed E-state index contributed by atoms with van der Waals surface area (Å²) in [7, 11) is 0. The van der Waals surface area contributed by atoms with Crippen molar-refractivity contribution in [3.05, 3.63) is 0 Å². The fraction of sp³-hybridized carbons (Fsp3) is 1.00. The van der Waals surface area contributed by atoms with E-state index >= 15 is 0 Å². The molecule has 0 aliphatic heterocycles. The van der Waals surface area contributed by atoms with Crippen LogP contribution in [0.4, 0.5) is 13.2 Å². The van der Waals surface area contributed by atoms with E-state index in [1.54, 1.807) is 20.8 Å². The van der Waals surface area contributed by atoms with Gasteiger partial charge in [0.1, 0.15) is 0 Å². The minimum atomic E-state index is -4.23. The van der Waals surface area contributed by atoms with E-state index in [1.807, 2.05) is 0 Å². The summed E-state index contributed by atoms with van der Waals surface area (Å²) in [6, 6.07) is -0.336. The van der Waals surface area contributed by atoms with Crippen molar-refractivity contribution in [3.8, 4) is 0 Å². The largest absolute Gasteiger partial charge is 0.390 e. The Morgan fingerprint density at radius 2 is 1.57 bits per heavy atom. The van der Waals surface area contributed by atoms with Gasteiger partial charge in [-0.15, -0.1) is 22.2 Å². The van der Waals surface area contributed by atoms with Gasteiger partial charge in [-0.1, -0.05) is 0 Å². The first-order valence-electron chi connectivity index (χ1n) is 4.06. The summed E-state index contributed by atoms with van der Waals surface area (Å²) in [4.78, 5) is 0. The van der Waals surface area contributed by atoms with Crippen molar-refractivity contribution < 1.29 is 17.6 Å². The molecular weight excluding hydrogens is 256 g/mol. The summed E-state index contributed by atoms with van der Waals surface area (Å²) < 4.78 is 40.8. The van der Waals surface area contributed by atoms with Crippen LogP contribution in [-0.2, 0) is 4.43 Å². The third kappa shape index (κ3) is 9.12. The minimum Gasteiger partial charge on any atom is -0.387 e. The van der Waals surface area contributed by atoms with Gasteiger partial charge in [0.2, 0.25) is 0 Å². The zero-order valence-electron chi connectivity index (χ0n) is 8.21. The number of hydrogen-bond acceptors (Lipinski definition) is 1. The van der Waals surface area contributed by atoms with Gasteiger partial charge in [-0.25, -0.2) is 0 Å². The molecule has 0 aromatic heterocycles. The zero-order chi connectivity index (χ0) is 11.6. The Morgan fingerprint density at radius 3 is 1.86 bits per heavy atom. The molecule has 0 rings (SSSR count). The van der Waals surface area contributed by atoms with Crippen LogP contribution in [-0.4, -0.2) is 18.7 Å². The maximum Gasteiger partial charge on any atom is 0.390 e. The molecule has 0 aromatic carbocycles. The second kappa shape index (κ2) is 4.59. The predicted octanol–water partition coefficient (Wildman–Crippen LogP) is 4.17. The summed E-state index contributed by atoms with van der Waals surface area (Å²) in [6.07, 6.45) is -5.23. The molecular formula is C7H13Cl2F3OSi. The van der Waals surface area contributed by atoms with Crippen molar-refractivity contribution >= 4 is 29.1 Å². The molecule has 0 saturated carbocycles. The Hall–Kier alpha value is 0.547. The topological polar surface area (TPSA) is 9.23 Å². The highest BCUT2D eigenvalue weighted by molar-refractivity contribution is 7.42. The summed E-state index contributed by atoms with van der Waals surface area (Å²) in [5.74, 6) is 0. The molecule has 0 amide bonds. The van der Waals surface area contributed by atoms with Gasteiger partial charge in [-0.05, 0) is 20.8 Å². The van der Waals surface area contributed by atoms with Crippen LogP contribution in [0.5, 0.6) is 0 Å². The lowest BCUT2D eigenvalue weighted by atomic mass is 10.2. The molecule has 0 atom stereocenters. The molecule has 0 heterocycles.